The van der Waals surface area contributed by atoms with Crippen molar-refractivity contribution in [2.75, 3.05) is 20.3 Å². The lowest BCUT2D eigenvalue weighted by Gasteiger charge is -2.30. The quantitative estimate of drug-likeness (QED) is 0.500. The Hall–Kier alpha value is -3.56. The number of aromatic nitrogens is 5. The minimum atomic E-state index is -0.238. The molecule has 170 valence electrons. The Morgan fingerprint density at radius 2 is 2.12 bits per heavy atom. The van der Waals surface area contributed by atoms with Gasteiger partial charge in [-0.2, -0.15) is 5.10 Å². The van der Waals surface area contributed by atoms with E-state index in [1.807, 2.05) is 43.7 Å². The van der Waals surface area contributed by atoms with Gasteiger partial charge in [-0.25, -0.2) is 4.98 Å². The van der Waals surface area contributed by atoms with Gasteiger partial charge in [-0.3, -0.25) is 19.0 Å². The number of nitrogens with zero attached hydrogens (tertiary/aromatic N) is 5. The van der Waals surface area contributed by atoms with Crippen LogP contribution in [-0.2, 0) is 18.2 Å². The van der Waals surface area contributed by atoms with Crippen LogP contribution in [0.2, 0.25) is 0 Å². The molecule has 2 atom stereocenters. The zero-order valence-corrected chi connectivity index (χ0v) is 18.6. The van der Waals surface area contributed by atoms with Gasteiger partial charge in [0.1, 0.15) is 5.75 Å². The number of fused-ring (bicyclic) bond motifs is 1. The summed E-state index contributed by atoms with van der Waals surface area (Å²) in [7, 11) is 3.50. The van der Waals surface area contributed by atoms with Gasteiger partial charge in [-0.1, -0.05) is 6.07 Å². The molecule has 1 aliphatic heterocycles. The number of rotatable bonds is 5. The number of pyridine rings is 1. The van der Waals surface area contributed by atoms with Gasteiger partial charge in [0.05, 0.1) is 48.9 Å². The van der Waals surface area contributed by atoms with Crippen molar-refractivity contribution in [2.24, 2.45) is 12.8 Å². The Kier molecular flexibility index (Phi) is 5.65. The van der Waals surface area contributed by atoms with Gasteiger partial charge in [0.25, 0.3) is 5.56 Å². The second-order valence-corrected chi connectivity index (χ2v) is 8.36. The van der Waals surface area contributed by atoms with Crippen LogP contribution in [0.25, 0.3) is 22.2 Å². The van der Waals surface area contributed by atoms with Gasteiger partial charge < -0.3 is 15.2 Å². The van der Waals surface area contributed by atoms with Crippen molar-refractivity contribution in [3.05, 3.63) is 70.7 Å². The monoisotopic (exact) mass is 446 g/mol. The van der Waals surface area contributed by atoms with Crippen LogP contribution < -0.4 is 16.0 Å². The van der Waals surface area contributed by atoms with E-state index in [9.17, 15) is 4.79 Å². The molecule has 0 bridgehead atoms. The SMILES string of the molecule is COc1cc2ncn([C@H]3CCOC[C@@H]3N)c(=O)c2cc1Cc1ccc(-c2cnn(C)c2)nc1. The molecule has 5 rings (SSSR count). The van der Waals surface area contributed by atoms with Crippen molar-refractivity contribution >= 4 is 10.9 Å². The third-order valence-electron chi connectivity index (χ3n) is 6.12. The summed E-state index contributed by atoms with van der Waals surface area (Å²) in [6.45, 7) is 1.02. The Bertz CT molecular complexity index is 1340. The molecular weight excluding hydrogens is 420 g/mol. The van der Waals surface area contributed by atoms with Crippen molar-refractivity contribution in [1.82, 2.24) is 24.3 Å². The highest BCUT2D eigenvalue weighted by atomic mass is 16.5. The molecule has 0 saturated carbocycles. The van der Waals surface area contributed by atoms with E-state index >= 15 is 0 Å². The second kappa shape index (κ2) is 8.76. The number of ether oxygens (including phenoxy) is 2. The van der Waals surface area contributed by atoms with Crippen molar-refractivity contribution in [1.29, 1.82) is 0 Å². The molecule has 0 spiro atoms. The Balaban J connectivity index is 1.49. The summed E-state index contributed by atoms with van der Waals surface area (Å²) in [5.41, 5.74) is 10.4. The van der Waals surface area contributed by atoms with Crippen LogP contribution in [-0.4, -0.2) is 50.7 Å². The van der Waals surface area contributed by atoms with Crippen LogP contribution in [0.15, 0.2) is 54.0 Å². The second-order valence-electron chi connectivity index (χ2n) is 8.36. The van der Waals surface area contributed by atoms with E-state index in [2.05, 4.69) is 15.1 Å². The molecule has 0 radical (unpaired) electrons. The number of methoxy groups -OCH3 is 1. The smallest absolute Gasteiger partial charge is 0.261 e. The minimum absolute atomic E-state index is 0.101. The molecule has 0 amide bonds. The topological polar surface area (TPSA) is 110 Å². The molecule has 9 nitrogen and oxygen atoms in total. The molecule has 2 N–H and O–H groups in total. The summed E-state index contributed by atoms with van der Waals surface area (Å²) in [6.07, 6.45) is 8.40. The van der Waals surface area contributed by atoms with E-state index < -0.39 is 0 Å². The maximum absolute atomic E-state index is 13.3. The summed E-state index contributed by atoms with van der Waals surface area (Å²) in [5, 5.41) is 4.74. The predicted molar refractivity (Wildman–Crippen MR) is 124 cm³/mol. The highest BCUT2D eigenvalue weighted by molar-refractivity contribution is 5.80. The molecule has 1 saturated heterocycles. The van der Waals surface area contributed by atoms with Crippen molar-refractivity contribution < 1.29 is 9.47 Å². The van der Waals surface area contributed by atoms with Crippen LogP contribution >= 0.6 is 0 Å². The molecule has 3 aromatic heterocycles. The summed E-state index contributed by atoms with van der Waals surface area (Å²) < 4.78 is 14.4. The number of aryl methyl sites for hydroxylation is 1. The number of nitrogens with two attached hydrogens (primary N) is 1. The van der Waals surface area contributed by atoms with Crippen LogP contribution in [0.5, 0.6) is 5.75 Å². The lowest BCUT2D eigenvalue weighted by Crippen LogP contribution is -2.44. The van der Waals surface area contributed by atoms with E-state index in [4.69, 9.17) is 15.2 Å². The summed E-state index contributed by atoms with van der Waals surface area (Å²) >= 11 is 0. The molecule has 0 unspecified atom stereocenters. The largest absolute Gasteiger partial charge is 0.496 e. The first-order chi connectivity index (χ1) is 16.0. The molecule has 33 heavy (non-hydrogen) atoms. The van der Waals surface area contributed by atoms with Crippen LogP contribution in [0.1, 0.15) is 23.6 Å². The molecule has 4 aromatic rings. The summed E-state index contributed by atoms with van der Waals surface area (Å²) in [4.78, 5) is 22.4. The molecular formula is C24H26N6O3. The number of hydrogen-bond donors (Lipinski definition) is 1. The molecule has 1 aromatic carbocycles. The maximum atomic E-state index is 13.3. The lowest BCUT2D eigenvalue weighted by atomic mass is 10.0. The Morgan fingerprint density at radius 3 is 2.82 bits per heavy atom. The fourth-order valence-corrected chi connectivity index (χ4v) is 4.34. The number of benzene rings is 1. The maximum Gasteiger partial charge on any atom is 0.261 e. The highest BCUT2D eigenvalue weighted by Gasteiger charge is 2.25. The standard InChI is InChI=1S/C24H26N6O3/c1-29-12-17(11-28-29)20-4-3-15(10-26-20)7-16-8-18-21(9-23(16)32-2)27-14-30(24(18)31)22-5-6-33-13-19(22)25/h3-4,8-12,14,19,22H,5-7,13,25H2,1-2H3/t19-,22-/m0/s1. The average molecular weight is 447 g/mol. The third kappa shape index (κ3) is 4.12. The zero-order valence-electron chi connectivity index (χ0n) is 18.6. The van der Waals surface area contributed by atoms with E-state index in [1.165, 1.54) is 0 Å². The van der Waals surface area contributed by atoms with Gasteiger partial charge in [-0.15, -0.1) is 0 Å². The van der Waals surface area contributed by atoms with Crippen molar-refractivity contribution in [3.63, 3.8) is 0 Å². The molecule has 4 heterocycles. The van der Waals surface area contributed by atoms with Crippen LogP contribution in [0.3, 0.4) is 0 Å². The molecule has 9 heteroatoms. The predicted octanol–water partition coefficient (Wildman–Crippen LogP) is 2.08. The highest BCUT2D eigenvalue weighted by Crippen LogP contribution is 2.27. The van der Waals surface area contributed by atoms with Gasteiger partial charge in [0, 0.05) is 50.1 Å². The van der Waals surface area contributed by atoms with E-state index in [0.717, 1.165) is 22.4 Å². The molecule has 1 aliphatic rings. The van der Waals surface area contributed by atoms with Crippen LogP contribution in [0, 0.1) is 0 Å². The molecule has 1 fully saturated rings. The van der Waals surface area contributed by atoms with E-state index in [0.29, 0.717) is 42.7 Å². The first kappa shape index (κ1) is 21.3. The first-order valence-corrected chi connectivity index (χ1v) is 10.9. The van der Waals surface area contributed by atoms with Crippen molar-refractivity contribution in [3.8, 4) is 17.0 Å². The van der Waals surface area contributed by atoms with E-state index in [1.54, 1.807) is 28.9 Å². The summed E-state index contributed by atoms with van der Waals surface area (Å²) in [5.74, 6) is 0.686. The van der Waals surface area contributed by atoms with Crippen LogP contribution in [0.4, 0.5) is 0 Å². The fourth-order valence-electron chi connectivity index (χ4n) is 4.34. The van der Waals surface area contributed by atoms with Gasteiger partial charge in [-0.05, 0) is 29.7 Å². The lowest BCUT2D eigenvalue weighted by molar-refractivity contribution is 0.0516. The normalized spacial score (nSPS) is 18.5. The van der Waals surface area contributed by atoms with Gasteiger partial charge in [0.15, 0.2) is 0 Å². The fraction of sp³-hybridized carbons (Fsp3) is 0.333. The van der Waals surface area contributed by atoms with Gasteiger partial charge >= 0.3 is 0 Å². The average Bonchev–Trinajstić information content (AvgIpc) is 3.27. The summed E-state index contributed by atoms with van der Waals surface area (Å²) in [6, 6.07) is 7.33. The Labute approximate surface area is 190 Å². The van der Waals surface area contributed by atoms with E-state index in [-0.39, 0.29) is 17.6 Å². The van der Waals surface area contributed by atoms with Crippen molar-refractivity contribution in [2.45, 2.75) is 24.9 Å². The Morgan fingerprint density at radius 1 is 1.24 bits per heavy atom. The minimum Gasteiger partial charge on any atom is -0.496 e. The third-order valence-corrected chi connectivity index (χ3v) is 6.12. The molecule has 0 aliphatic carbocycles. The first-order valence-electron chi connectivity index (χ1n) is 10.9. The van der Waals surface area contributed by atoms with Gasteiger partial charge in [0.2, 0.25) is 0 Å². The number of hydrogen-bond acceptors (Lipinski definition) is 7. The zero-order chi connectivity index (χ0) is 22.9.